The van der Waals surface area contributed by atoms with E-state index in [0.717, 1.165) is 12.0 Å². The summed E-state index contributed by atoms with van der Waals surface area (Å²) in [6.45, 7) is 0.318. The Balaban J connectivity index is 1.92. The lowest BCUT2D eigenvalue weighted by Gasteiger charge is -2.22. The molecule has 0 aliphatic heterocycles. The average molecular weight is 363 g/mol. The van der Waals surface area contributed by atoms with E-state index in [4.69, 9.17) is 14.2 Å². The van der Waals surface area contributed by atoms with Crippen molar-refractivity contribution in [1.29, 1.82) is 0 Å². The molecule has 0 bridgehead atoms. The second kappa shape index (κ2) is 8.76. The van der Waals surface area contributed by atoms with E-state index in [-0.39, 0.29) is 0 Å². The molecule has 0 fully saturated rings. The van der Waals surface area contributed by atoms with Gasteiger partial charge in [-0.25, -0.2) is 0 Å². The van der Waals surface area contributed by atoms with Crippen LogP contribution in [0.1, 0.15) is 5.56 Å². The quantitative estimate of drug-likeness (QED) is 0.546. The average Bonchev–Trinajstić information content (AvgIpc) is 2.73. The molecule has 0 atom stereocenters. The number of carbonyl (C=O) groups excluding carboxylic acids is 1. The summed E-state index contributed by atoms with van der Waals surface area (Å²) in [5.74, 6) is 2.68. The first-order chi connectivity index (χ1) is 13.2. The predicted octanol–water partition coefficient (Wildman–Crippen LogP) is 4.66. The number of hydrogen-bond acceptors (Lipinski definition) is 4. The SMILES string of the molecule is COc1ccc(OC)c(CN(C=O)c2ccccc2Oc2ccccc2)c1. The van der Waals surface area contributed by atoms with Crippen molar-refractivity contribution in [3.8, 4) is 23.0 Å². The maximum atomic E-state index is 11.9. The highest BCUT2D eigenvalue weighted by Gasteiger charge is 2.15. The number of amides is 1. The number of nitrogens with zero attached hydrogens (tertiary/aromatic N) is 1. The Morgan fingerprint density at radius 3 is 2.26 bits per heavy atom. The van der Waals surface area contributed by atoms with Crippen LogP contribution >= 0.6 is 0 Å². The molecular weight excluding hydrogens is 342 g/mol. The highest BCUT2D eigenvalue weighted by Crippen LogP contribution is 2.34. The molecule has 0 saturated carbocycles. The zero-order valence-corrected chi connectivity index (χ0v) is 15.3. The van der Waals surface area contributed by atoms with Gasteiger partial charge in [-0.2, -0.15) is 0 Å². The van der Waals surface area contributed by atoms with Crippen molar-refractivity contribution in [2.24, 2.45) is 0 Å². The van der Waals surface area contributed by atoms with E-state index in [0.29, 0.717) is 35.2 Å². The van der Waals surface area contributed by atoms with E-state index in [1.165, 1.54) is 0 Å². The van der Waals surface area contributed by atoms with Crippen LogP contribution in [-0.4, -0.2) is 20.6 Å². The monoisotopic (exact) mass is 363 g/mol. The fourth-order valence-corrected chi connectivity index (χ4v) is 2.76. The lowest BCUT2D eigenvalue weighted by Crippen LogP contribution is -2.21. The summed E-state index contributed by atoms with van der Waals surface area (Å²) in [6.07, 6.45) is 0.784. The Bertz CT molecular complexity index is 896. The maximum absolute atomic E-state index is 11.9. The van der Waals surface area contributed by atoms with Gasteiger partial charge in [-0.3, -0.25) is 4.79 Å². The van der Waals surface area contributed by atoms with E-state index < -0.39 is 0 Å². The lowest BCUT2D eigenvalue weighted by molar-refractivity contribution is -0.107. The molecule has 27 heavy (non-hydrogen) atoms. The molecule has 3 aromatic carbocycles. The summed E-state index contributed by atoms with van der Waals surface area (Å²) in [5.41, 5.74) is 1.50. The standard InChI is InChI=1S/C22H21NO4/c1-25-19-12-13-21(26-2)17(14-19)15-23(16-24)20-10-6-7-11-22(20)27-18-8-4-3-5-9-18/h3-14,16H,15H2,1-2H3. The predicted molar refractivity (Wildman–Crippen MR) is 105 cm³/mol. The molecule has 0 aromatic heterocycles. The first-order valence-corrected chi connectivity index (χ1v) is 8.50. The van der Waals surface area contributed by atoms with Gasteiger partial charge in [-0.1, -0.05) is 30.3 Å². The van der Waals surface area contributed by atoms with Gasteiger partial charge < -0.3 is 19.1 Å². The molecule has 0 aliphatic carbocycles. The van der Waals surface area contributed by atoms with Gasteiger partial charge >= 0.3 is 0 Å². The van der Waals surface area contributed by atoms with Crippen LogP contribution < -0.4 is 19.1 Å². The largest absolute Gasteiger partial charge is 0.497 e. The molecule has 0 aliphatic rings. The third-order valence-corrected chi connectivity index (χ3v) is 4.10. The van der Waals surface area contributed by atoms with Crippen LogP contribution in [0.2, 0.25) is 0 Å². The zero-order chi connectivity index (χ0) is 19.1. The fraction of sp³-hybridized carbons (Fsp3) is 0.136. The van der Waals surface area contributed by atoms with E-state index in [2.05, 4.69) is 0 Å². The second-order valence-electron chi connectivity index (χ2n) is 5.79. The van der Waals surface area contributed by atoms with Crippen molar-refractivity contribution in [2.75, 3.05) is 19.1 Å². The molecule has 1 amide bonds. The van der Waals surface area contributed by atoms with Gasteiger partial charge in [0.1, 0.15) is 17.2 Å². The van der Waals surface area contributed by atoms with Gasteiger partial charge in [0.25, 0.3) is 0 Å². The minimum Gasteiger partial charge on any atom is -0.497 e. The summed E-state index contributed by atoms with van der Waals surface area (Å²) >= 11 is 0. The summed E-state index contributed by atoms with van der Waals surface area (Å²) in [4.78, 5) is 13.4. The van der Waals surface area contributed by atoms with Crippen molar-refractivity contribution in [2.45, 2.75) is 6.54 Å². The molecule has 0 saturated heterocycles. The summed E-state index contributed by atoms with van der Waals surface area (Å²) in [5, 5.41) is 0. The topological polar surface area (TPSA) is 48.0 Å². The molecule has 0 heterocycles. The van der Waals surface area contributed by atoms with E-state index in [9.17, 15) is 4.79 Å². The van der Waals surface area contributed by atoms with E-state index in [1.54, 1.807) is 19.1 Å². The van der Waals surface area contributed by atoms with Crippen LogP contribution in [0.5, 0.6) is 23.0 Å². The number of methoxy groups -OCH3 is 2. The Morgan fingerprint density at radius 1 is 0.815 bits per heavy atom. The molecule has 0 spiro atoms. The molecule has 0 N–H and O–H groups in total. The van der Waals surface area contributed by atoms with Crippen molar-refractivity contribution in [3.63, 3.8) is 0 Å². The van der Waals surface area contributed by atoms with Crippen molar-refractivity contribution >= 4 is 12.1 Å². The van der Waals surface area contributed by atoms with Crippen LogP contribution in [0.3, 0.4) is 0 Å². The minimum atomic E-state index is 0.318. The van der Waals surface area contributed by atoms with Crippen molar-refractivity contribution < 1.29 is 19.0 Å². The number of hydrogen-bond donors (Lipinski definition) is 0. The molecule has 5 heteroatoms. The first-order valence-electron chi connectivity index (χ1n) is 8.50. The molecule has 0 radical (unpaired) electrons. The van der Waals surface area contributed by atoms with Crippen molar-refractivity contribution in [1.82, 2.24) is 0 Å². The summed E-state index contributed by atoms with van der Waals surface area (Å²) in [7, 11) is 3.20. The molecule has 3 aromatic rings. The summed E-state index contributed by atoms with van der Waals surface area (Å²) < 4.78 is 16.7. The third kappa shape index (κ3) is 4.39. The smallest absolute Gasteiger partial charge is 0.214 e. The third-order valence-electron chi connectivity index (χ3n) is 4.10. The minimum absolute atomic E-state index is 0.318. The van der Waals surface area contributed by atoms with Crippen LogP contribution in [0.4, 0.5) is 5.69 Å². The Morgan fingerprint density at radius 2 is 1.56 bits per heavy atom. The van der Waals surface area contributed by atoms with Crippen LogP contribution in [0.15, 0.2) is 72.8 Å². The van der Waals surface area contributed by atoms with Gasteiger partial charge in [-0.15, -0.1) is 0 Å². The summed E-state index contributed by atoms with van der Waals surface area (Å²) in [6, 6.07) is 22.4. The first kappa shape index (κ1) is 18.3. The number of para-hydroxylation sites is 3. The zero-order valence-electron chi connectivity index (χ0n) is 15.3. The lowest BCUT2D eigenvalue weighted by atomic mass is 10.1. The number of ether oxygens (including phenoxy) is 3. The highest BCUT2D eigenvalue weighted by molar-refractivity contribution is 5.79. The van der Waals surface area contributed by atoms with Gasteiger partial charge in [0.2, 0.25) is 6.41 Å². The Kier molecular flexibility index (Phi) is 5.94. The van der Waals surface area contributed by atoms with Crippen LogP contribution in [-0.2, 0) is 11.3 Å². The number of benzene rings is 3. The van der Waals surface area contributed by atoms with Gasteiger partial charge in [0.15, 0.2) is 5.75 Å². The molecular formula is C22H21NO4. The fourth-order valence-electron chi connectivity index (χ4n) is 2.76. The van der Waals surface area contributed by atoms with E-state index in [1.807, 2.05) is 72.8 Å². The van der Waals surface area contributed by atoms with Gasteiger partial charge in [0, 0.05) is 5.56 Å². The second-order valence-corrected chi connectivity index (χ2v) is 5.79. The molecule has 138 valence electrons. The van der Waals surface area contributed by atoms with Crippen LogP contribution in [0.25, 0.3) is 0 Å². The normalized spacial score (nSPS) is 10.1. The van der Waals surface area contributed by atoms with Crippen molar-refractivity contribution in [3.05, 3.63) is 78.4 Å². The number of rotatable bonds is 8. The molecule has 0 unspecified atom stereocenters. The Labute approximate surface area is 158 Å². The number of anilines is 1. The molecule has 3 rings (SSSR count). The van der Waals surface area contributed by atoms with Crippen LogP contribution in [0, 0.1) is 0 Å². The van der Waals surface area contributed by atoms with Gasteiger partial charge in [0.05, 0.1) is 26.5 Å². The maximum Gasteiger partial charge on any atom is 0.214 e. The molecule has 5 nitrogen and oxygen atoms in total. The van der Waals surface area contributed by atoms with E-state index >= 15 is 0 Å². The number of carbonyl (C=O) groups is 1. The van der Waals surface area contributed by atoms with Gasteiger partial charge in [-0.05, 0) is 42.5 Å². The highest BCUT2D eigenvalue weighted by atomic mass is 16.5. The Hall–Kier alpha value is -3.47.